The van der Waals surface area contributed by atoms with Gasteiger partial charge < -0.3 is 0 Å². The Labute approximate surface area is 83.1 Å². The minimum Gasteiger partial charge on any atom is -0.290 e. The minimum absolute atomic E-state index is 0.00481. The van der Waals surface area contributed by atoms with E-state index in [1.54, 1.807) is 24.5 Å². The van der Waals surface area contributed by atoms with E-state index in [9.17, 15) is 8.42 Å². The molecule has 78 valence electrons. The molecular weight excluding hydrogens is 204 g/mol. The van der Waals surface area contributed by atoms with Gasteiger partial charge in [0.2, 0.25) is 10.0 Å². The summed E-state index contributed by atoms with van der Waals surface area (Å²) in [4.78, 5) is 10.1. The van der Waals surface area contributed by atoms with Gasteiger partial charge in [0.15, 0.2) is 0 Å². The van der Waals surface area contributed by atoms with E-state index in [2.05, 4.69) is 9.82 Å². The zero-order valence-corrected chi connectivity index (χ0v) is 8.62. The van der Waals surface area contributed by atoms with Crippen molar-refractivity contribution in [1.82, 2.24) is 9.87 Å². The van der Waals surface area contributed by atoms with Crippen LogP contribution >= 0.6 is 0 Å². The lowest BCUT2D eigenvalue weighted by molar-refractivity contribution is 0.153. The fourth-order valence-electron chi connectivity index (χ4n) is 0.970. The molecule has 0 aliphatic carbocycles. The summed E-state index contributed by atoms with van der Waals surface area (Å²) in [5, 5.41) is 0. The van der Waals surface area contributed by atoms with E-state index in [-0.39, 0.29) is 5.75 Å². The van der Waals surface area contributed by atoms with Crippen LogP contribution < -0.4 is 4.89 Å². The number of hydrogen-bond acceptors (Lipinski definition) is 4. The molecule has 0 saturated carbocycles. The molecule has 0 aromatic carbocycles. The first-order valence-corrected chi connectivity index (χ1v) is 5.70. The van der Waals surface area contributed by atoms with Crippen LogP contribution in [0.2, 0.25) is 0 Å². The number of rotatable bonds is 5. The van der Waals surface area contributed by atoms with E-state index >= 15 is 0 Å². The van der Waals surface area contributed by atoms with E-state index in [1.807, 2.05) is 4.89 Å². The average molecular weight is 216 g/mol. The number of aryl methyl sites for hydroxylation is 1. The number of pyridine rings is 1. The molecule has 0 aliphatic heterocycles. The third-order valence-corrected chi connectivity index (χ3v) is 2.78. The largest absolute Gasteiger partial charge is 0.290 e. The lowest BCUT2D eigenvalue weighted by Crippen LogP contribution is -2.26. The summed E-state index contributed by atoms with van der Waals surface area (Å²) in [6, 6.07) is 3.56. The Morgan fingerprint density at radius 2 is 2.07 bits per heavy atom. The fraction of sp³-hybridized carbons (Fsp3) is 0.375. The van der Waals surface area contributed by atoms with Crippen LogP contribution in [0.4, 0.5) is 0 Å². The van der Waals surface area contributed by atoms with Gasteiger partial charge in [-0.1, -0.05) is 4.89 Å². The second-order valence-electron chi connectivity index (χ2n) is 2.71. The van der Waals surface area contributed by atoms with Crippen LogP contribution in [-0.4, -0.2) is 26.3 Å². The summed E-state index contributed by atoms with van der Waals surface area (Å²) < 4.78 is 22.3. The lowest BCUT2D eigenvalue weighted by atomic mass is 10.2. The van der Waals surface area contributed by atoms with Gasteiger partial charge in [-0.3, -0.25) is 9.82 Å². The summed E-state index contributed by atoms with van der Waals surface area (Å²) in [7, 11) is -2.05. The smallest absolute Gasteiger partial charge is 0.233 e. The monoisotopic (exact) mass is 216 g/mol. The fourth-order valence-corrected chi connectivity index (χ4v) is 1.81. The maximum atomic E-state index is 11.2. The quantitative estimate of drug-likeness (QED) is 0.709. The molecular formula is C8H12N2O3S. The summed E-state index contributed by atoms with van der Waals surface area (Å²) in [5.74, 6) is 0.00481. The first-order chi connectivity index (χ1) is 6.64. The summed E-state index contributed by atoms with van der Waals surface area (Å²) in [6.07, 6.45) is 3.71. The molecule has 0 amide bonds. The van der Waals surface area contributed by atoms with Gasteiger partial charge in [0.05, 0.1) is 12.9 Å². The molecule has 0 unspecified atom stereocenters. The molecule has 0 saturated heterocycles. The van der Waals surface area contributed by atoms with Crippen molar-refractivity contribution in [3.63, 3.8) is 0 Å². The molecule has 14 heavy (non-hydrogen) atoms. The van der Waals surface area contributed by atoms with Gasteiger partial charge in [0.25, 0.3) is 0 Å². The molecule has 0 fully saturated rings. The van der Waals surface area contributed by atoms with Crippen LogP contribution in [0.25, 0.3) is 0 Å². The van der Waals surface area contributed by atoms with Crippen molar-refractivity contribution < 1.29 is 13.3 Å². The SMILES string of the molecule is CONS(=O)(=O)CCc1ccncc1. The molecule has 0 bridgehead atoms. The number of nitrogens with one attached hydrogen (secondary N) is 1. The normalized spacial score (nSPS) is 11.5. The number of hydrogen-bond donors (Lipinski definition) is 1. The first-order valence-electron chi connectivity index (χ1n) is 4.05. The highest BCUT2D eigenvalue weighted by Crippen LogP contribution is 1.99. The molecule has 1 aromatic rings. The molecule has 1 aromatic heterocycles. The Bertz CT molecular complexity index is 363. The summed E-state index contributed by atoms with van der Waals surface area (Å²) in [5.41, 5.74) is 0.932. The molecule has 1 heterocycles. The molecule has 0 aliphatic rings. The van der Waals surface area contributed by atoms with E-state index in [1.165, 1.54) is 7.11 Å². The molecule has 0 spiro atoms. The highest BCUT2D eigenvalue weighted by atomic mass is 32.2. The van der Waals surface area contributed by atoms with Crippen molar-refractivity contribution in [1.29, 1.82) is 0 Å². The van der Waals surface area contributed by atoms with Gasteiger partial charge in [-0.25, -0.2) is 8.42 Å². The lowest BCUT2D eigenvalue weighted by Gasteiger charge is -2.03. The third-order valence-electron chi connectivity index (χ3n) is 1.62. The Kier molecular flexibility index (Phi) is 3.99. The highest BCUT2D eigenvalue weighted by Gasteiger charge is 2.08. The standard InChI is InChI=1S/C8H12N2O3S/c1-13-10-14(11,12)7-4-8-2-5-9-6-3-8/h2-3,5-6,10H,4,7H2,1H3. The number of aromatic nitrogens is 1. The first kappa shape index (κ1) is 11.1. The Morgan fingerprint density at radius 1 is 1.43 bits per heavy atom. The van der Waals surface area contributed by atoms with Gasteiger partial charge in [-0.05, 0) is 24.1 Å². The molecule has 0 radical (unpaired) electrons. The van der Waals surface area contributed by atoms with E-state index in [4.69, 9.17) is 0 Å². The van der Waals surface area contributed by atoms with Crippen molar-refractivity contribution in [3.8, 4) is 0 Å². The molecule has 0 atom stereocenters. The number of nitrogens with zero attached hydrogens (tertiary/aromatic N) is 1. The topological polar surface area (TPSA) is 68.3 Å². The predicted molar refractivity (Wildman–Crippen MR) is 51.9 cm³/mol. The highest BCUT2D eigenvalue weighted by molar-refractivity contribution is 7.89. The number of sulfonamides is 1. The Balaban J connectivity index is 2.49. The average Bonchev–Trinajstić information content (AvgIpc) is 2.17. The van der Waals surface area contributed by atoms with Gasteiger partial charge in [0, 0.05) is 12.4 Å². The van der Waals surface area contributed by atoms with E-state index < -0.39 is 10.0 Å². The second kappa shape index (κ2) is 5.04. The van der Waals surface area contributed by atoms with Crippen LogP contribution in [0.15, 0.2) is 24.5 Å². The van der Waals surface area contributed by atoms with Crippen molar-refractivity contribution in [2.24, 2.45) is 0 Å². The van der Waals surface area contributed by atoms with Crippen molar-refractivity contribution in [2.75, 3.05) is 12.9 Å². The zero-order chi connectivity index (χ0) is 10.4. The van der Waals surface area contributed by atoms with Crippen LogP contribution in [-0.2, 0) is 21.3 Å². The van der Waals surface area contributed by atoms with E-state index in [0.717, 1.165) is 5.56 Å². The van der Waals surface area contributed by atoms with Gasteiger partial charge in [-0.2, -0.15) is 0 Å². The minimum atomic E-state index is -3.32. The summed E-state index contributed by atoms with van der Waals surface area (Å²) >= 11 is 0. The van der Waals surface area contributed by atoms with Crippen molar-refractivity contribution in [2.45, 2.75) is 6.42 Å². The van der Waals surface area contributed by atoms with Crippen LogP contribution in [0.5, 0.6) is 0 Å². The summed E-state index contributed by atoms with van der Waals surface area (Å²) in [6.45, 7) is 0. The van der Waals surface area contributed by atoms with Crippen molar-refractivity contribution >= 4 is 10.0 Å². The van der Waals surface area contributed by atoms with Gasteiger partial charge in [-0.15, -0.1) is 0 Å². The molecule has 5 nitrogen and oxygen atoms in total. The molecule has 1 N–H and O–H groups in total. The van der Waals surface area contributed by atoms with Crippen LogP contribution in [0.1, 0.15) is 5.56 Å². The Hall–Kier alpha value is -0.980. The van der Waals surface area contributed by atoms with Crippen LogP contribution in [0.3, 0.4) is 0 Å². The van der Waals surface area contributed by atoms with E-state index in [0.29, 0.717) is 6.42 Å². The third kappa shape index (κ3) is 3.82. The van der Waals surface area contributed by atoms with Gasteiger partial charge >= 0.3 is 0 Å². The second-order valence-corrected chi connectivity index (χ2v) is 4.52. The predicted octanol–water partition coefficient (Wildman–Crippen LogP) is 0.105. The van der Waals surface area contributed by atoms with Crippen molar-refractivity contribution in [3.05, 3.63) is 30.1 Å². The Morgan fingerprint density at radius 3 is 2.64 bits per heavy atom. The molecule has 6 heteroatoms. The zero-order valence-electron chi connectivity index (χ0n) is 7.80. The maximum Gasteiger partial charge on any atom is 0.233 e. The van der Waals surface area contributed by atoms with Crippen LogP contribution in [0, 0.1) is 0 Å². The maximum absolute atomic E-state index is 11.2. The van der Waals surface area contributed by atoms with Gasteiger partial charge in [0.1, 0.15) is 0 Å². The molecule has 1 rings (SSSR count).